The van der Waals surface area contributed by atoms with Gasteiger partial charge in [-0.05, 0) is 49.4 Å². The second kappa shape index (κ2) is 4.30. The molecule has 0 heterocycles. The van der Waals surface area contributed by atoms with E-state index in [0.29, 0.717) is 0 Å². The Kier molecular flexibility index (Phi) is 2.59. The highest BCUT2D eigenvalue weighted by Crippen LogP contribution is 2.39. The lowest BCUT2D eigenvalue weighted by Gasteiger charge is -2.24. The van der Waals surface area contributed by atoms with E-state index in [-0.39, 0.29) is 5.41 Å². The summed E-state index contributed by atoms with van der Waals surface area (Å²) in [6.07, 6.45) is 1.02. The third kappa shape index (κ3) is 1.69. The van der Waals surface area contributed by atoms with Gasteiger partial charge in [-0.25, -0.2) is 0 Å². The van der Waals surface area contributed by atoms with Crippen molar-refractivity contribution in [2.45, 2.75) is 26.2 Å². The van der Waals surface area contributed by atoms with Crippen LogP contribution in [-0.2, 0) is 5.41 Å². The van der Waals surface area contributed by atoms with E-state index >= 15 is 0 Å². The van der Waals surface area contributed by atoms with E-state index in [1.807, 2.05) is 0 Å². The van der Waals surface area contributed by atoms with Crippen LogP contribution in [0.15, 0.2) is 48.5 Å². The molecule has 0 N–H and O–H groups in total. The Balaban J connectivity index is 2.32. The summed E-state index contributed by atoms with van der Waals surface area (Å²) in [6, 6.07) is 17.1. The van der Waals surface area contributed by atoms with Crippen molar-refractivity contribution in [3.05, 3.63) is 59.7 Å². The van der Waals surface area contributed by atoms with Crippen LogP contribution in [0.4, 0.5) is 0 Å². The largest absolute Gasteiger partial charge is 0.298 e. The molecule has 4 aromatic rings. The maximum Gasteiger partial charge on any atom is 0.150 e. The predicted octanol–water partition coefficient (Wildman–Crippen LogP) is 5.69. The number of hydrogen-bond acceptors (Lipinski definition) is 1. The first kappa shape index (κ1) is 13.3. The van der Waals surface area contributed by atoms with Gasteiger partial charge in [0.15, 0.2) is 6.29 Å². The first-order chi connectivity index (χ1) is 10.5. The van der Waals surface area contributed by atoms with Crippen molar-refractivity contribution in [3.63, 3.8) is 0 Å². The molecule has 4 rings (SSSR count). The van der Waals surface area contributed by atoms with Crippen molar-refractivity contribution in [1.82, 2.24) is 0 Å². The van der Waals surface area contributed by atoms with Crippen LogP contribution in [0.1, 0.15) is 36.7 Å². The average Bonchev–Trinajstić information content (AvgIpc) is 2.51. The summed E-state index contributed by atoms with van der Waals surface area (Å²) in [6.45, 7) is 6.48. The molecule has 0 fully saturated rings. The number of benzene rings is 4. The average molecular weight is 286 g/mol. The Morgan fingerprint density at radius 1 is 0.818 bits per heavy atom. The molecular formula is C21H18O. The molecule has 1 nitrogen and oxygen atoms in total. The Hall–Kier alpha value is -2.41. The molecule has 0 aliphatic carbocycles. The zero-order valence-electron chi connectivity index (χ0n) is 13.1. The van der Waals surface area contributed by atoms with Crippen molar-refractivity contribution in [2.75, 3.05) is 0 Å². The summed E-state index contributed by atoms with van der Waals surface area (Å²) in [5, 5.41) is 7.23. The molecule has 4 aromatic carbocycles. The van der Waals surface area contributed by atoms with Crippen molar-refractivity contribution < 1.29 is 4.79 Å². The van der Waals surface area contributed by atoms with Crippen LogP contribution < -0.4 is 0 Å². The summed E-state index contributed by atoms with van der Waals surface area (Å²) in [5.74, 6) is 0. The summed E-state index contributed by atoms with van der Waals surface area (Å²) in [7, 11) is 0. The Morgan fingerprint density at radius 3 is 2.09 bits per heavy atom. The third-order valence-corrected chi connectivity index (χ3v) is 4.61. The van der Waals surface area contributed by atoms with E-state index < -0.39 is 0 Å². The zero-order chi connectivity index (χ0) is 15.5. The van der Waals surface area contributed by atoms with Crippen LogP contribution in [0, 0.1) is 0 Å². The van der Waals surface area contributed by atoms with E-state index in [9.17, 15) is 4.79 Å². The van der Waals surface area contributed by atoms with Crippen molar-refractivity contribution in [1.29, 1.82) is 0 Å². The molecule has 0 saturated heterocycles. The Bertz CT molecular complexity index is 1000. The van der Waals surface area contributed by atoms with Gasteiger partial charge in [0.1, 0.15) is 0 Å². The monoisotopic (exact) mass is 286 g/mol. The van der Waals surface area contributed by atoms with Crippen molar-refractivity contribution in [3.8, 4) is 0 Å². The number of carbonyl (C=O) groups excluding carboxylic acids is 1. The van der Waals surface area contributed by atoms with E-state index in [1.165, 1.54) is 26.9 Å². The second-order valence-electron chi connectivity index (χ2n) is 7.06. The van der Waals surface area contributed by atoms with Gasteiger partial charge in [0, 0.05) is 5.56 Å². The molecule has 0 saturated carbocycles. The van der Waals surface area contributed by atoms with Gasteiger partial charge in [0.25, 0.3) is 0 Å². The molecule has 0 aliphatic heterocycles. The molecule has 0 aliphatic rings. The Morgan fingerprint density at radius 2 is 1.45 bits per heavy atom. The quantitative estimate of drug-likeness (QED) is 0.324. The highest BCUT2D eigenvalue weighted by atomic mass is 16.1. The maximum absolute atomic E-state index is 11.8. The molecule has 0 radical (unpaired) electrons. The van der Waals surface area contributed by atoms with Crippen LogP contribution in [0.5, 0.6) is 0 Å². The van der Waals surface area contributed by atoms with Crippen LogP contribution >= 0.6 is 0 Å². The smallest absolute Gasteiger partial charge is 0.150 e. The summed E-state index contributed by atoms with van der Waals surface area (Å²) in [5.41, 5.74) is 1.90. The minimum Gasteiger partial charge on any atom is -0.298 e. The molecule has 0 unspecified atom stereocenters. The van der Waals surface area contributed by atoms with Crippen LogP contribution in [-0.4, -0.2) is 6.29 Å². The van der Waals surface area contributed by atoms with Gasteiger partial charge in [0.2, 0.25) is 0 Å². The van der Waals surface area contributed by atoms with Gasteiger partial charge >= 0.3 is 0 Å². The maximum atomic E-state index is 11.8. The number of aldehydes is 1. The van der Waals surface area contributed by atoms with E-state index in [2.05, 4.69) is 69.3 Å². The predicted molar refractivity (Wildman–Crippen MR) is 94.2 cm³/mol. The first-order valence-corrected chi connectivity index (χ1v) is 7.67. The standard InChI is InChI=1S/C21H18O/c1-21(2,3)18-11-15-8-7-13-5-4-6-14-9-10-16(17(18)12-22)20(15)19(13)14/h4-12H,1-3H3. The molecular weight excluding hydrogens is 268 g/mol. The topological polar surface area (TPSA) is 17.1 Å². The van der Waals surface area contributed by atoms with Crippen LogP contribution in [0.25, 0.3) is 32.3 Å². The highest BCUT2D eigenvalue weighted by Gasteiger charge is 2.21. The van der Waals surface area contributed by atoms with Gasteiger partial charge < -0.3 is 0 Å². The summed E-state index contributed by atoms with van der Waals surface area (Å²) in [4.78, 5) is 11.8. The minimum atomic E-state index is -0.0549. The SMILES string of the molecule is CC(C)(C)c1cc2ccc3cccc4ccc(c1C=O)c2c34. The lowest BCUT2D eigenvalue weighted by molar-refractivity contribution is 0.112. The zero-order valence-corrected chi connectivity index (χ0v) is 13.1. The van der Waals surface area contributed by atoms with Gasteiger partial charge in [-0.1, -0.05) is 63.2 Å². The normalized spacial score (nSPS) is 12.5. The molecule has 0 spiro atoms. The van der Waals surface area contributed by atoms with Gasteiger partial charge in [-0.3, -0.25) is 4.79 Å². The molecule has 0 atom stereocenters. The molecule has 0 aromatic heterocycles. The number of carbonyl (C=O) groups is 1. The van der Waals surface area contributed by atoms with E-state index in [4.69, 9.17) is 0 Å². The molecule has 0 bridgehead atoms. The van der Waals surface area contributed by atoms with Gasteiger partial charge in [-0.2, -0.15) is 0 Å². The first-order valence-electron chi connectivity index (χ1n) is 7.67. The lowest BCUT2D eigenvalue weighted by atomic mass is 9.80. The summed E-state index contributed by atoms with van der Waals surface area (Å²) >= 11 is 0. The Labute approximate surface area is 129 Å². The van der Waals surface area contributed by atoms with E-state index in [0.717, 1.165) is 22.8 Å². The highest BCUT2D eigenvalue weighted by molar-refractivity contribution is 6.25. The second-order valence-corrected chi connectivity index (χ2v) is 7.06. The fraction of sp³-hybridized carbons (Fsp3) is 0.190. The third-order valence-electron chi connectivity index (χ3n) is 4.61. The van der Waals surface area contributed by atoms with Crippen LogP contribution in [0.3, 0.4) is 0 Å². The fourth-order valence-electron chi connectivity index (χ4n) is 3.58. The molecule has 22 heavy (non-hydrogen) atoms. The fourth-order valence-corrected chi connectivity index (χ4v) is 3.58. The van der Waals surface area contributed by atoms with Gasteiger partial charge in [-0.15, -0.1) is 0 Å². The van der Waals surface area contributed by atoms with Gasteiger partial charge in [0.05, 0.1) is 0 Å². The number of hydrogen-bond donors (Lipinski definition) is 0. The van der Waals surface area contributed by atoms with Crippen LogP contribution in [0.2, 0.25) is 0 Å². The molecule has 0 amide bonds. The molecule has 108 valence electrons. The molecule has 1 heteroatoms. The summed E-state index contributed by atoms with van der Waals surface area (Å²) < 4.78 is 0. The van der Waals surface area contributed by atoms with Crippen molar-refractivity contribution in [2.24, 2.45) is 0 Å². The van der Waals surface area contributed by atoms with Crippen molar-refractivity contribution >= 4 is 38.6 Å². The number of rotatable bonds is 1. The minimum absolute atomic E-state index is 0.0549. The lowest BCUT2D eigenvalue weighted by Crippen LogP contribution is -2.14. The van der Waals surface area contributed by atoms with E-state index in [1.54, 1.807) is 0 Å².